The molecule has 0 bridgehead atoms. The van der Waals surface area contributed by atoms with E-state index >= 15 is 0 Å². The Morgan fingerprint density at radius 2 is 2.15 bits per heavy atom. The number of unbranched alkanes of at least 4 members (excludes halogenated alkanes) is 1. The van der Waals surface area contributed by atoms with E-state index in [1.165, 1.54) is 25.0 Å². The summed E-state index contributed by atoms with van der Waals surface area (Å²) in [6.45, 7) is 10.5. The highest BCUT2D eigenvalue weighted by Gasteiger charge is 2.36. The Morgan fingerprint density at radius 1 is 1.46 bits per heavy atom. The third kappa shape index (κ3) is 4.86. The van der Waals surface area contributed by atoms with Crippen LogP contribution in [-0.4, -0.2) is 24.7 Å². The molecule has 0 spiro atoms. The molecule has 0 amide bonds. The van der Waals surface area contributed by atoms with Crippen LogP contribution in [0.4, 0.5) is 0 Å². The zero-order valence-electron chi connectivity index (χ0n) is 9.26. The van der Waals surface area contributed by atoms with Crippen molar-refractivity contribution in [2.75, 3.05) is 6.54 Å². The highest BCUT2D eigenvalue weighted by Crippen LogP contribution is 2.37. The van der Waals surface area contributed by atoms with Crippen LogP contribution in [0, 0.1) is 0 Å². The average molecular weight is 215 g/mol. The summed E-state index contributed by atoms with van der Waals surface area (Å²) in [4.78, 5) is 4.61. The van der Waals surface area contributed by atoms with Gasteiger partial charge in [0.25, 0.3) is 0 Å². The molecule has 0 aliphatic heterocycles. The molecule has 1 unspecified atom stereocenters. The molecule has 0 N–H and O–H groups in total. The minimum Gasteiger partial charge on any atom is -0.293 e. The lowest BCUT2D eigenvalue weighted by Crippen LogP contribution is -2.15. The molecule has 1 atom stereocenters. The van der Waals surface area contributed by atoms with Crippen LogP contribution < -0.4 is 0 Å². The van der Waals surface area contributed by atoms with Crippen LogP contribution in [0.3, 0.4) is 0 Å². The van der Waals surface area contributed by atoms with E-state index in [9.17, 15) is 0 Å². The molecule has 3 heteroatoms. The predicted molar refractivity (Wildman–Crippen MR) is 66.6 cm³/mol. The number of nitrogens with zero attached hydrogens (tertiary/aromatic N) is 1. The Bertz CT molecular complexity index is 196. The Balaban J connectivity index is 2.18. The van der Waals surface area contributed by atoms with Gasteiger partial charge in [0.1, 0.15) is 7.22 Å². The van der Waals surface area contributed by atoms with Gasteiger partial charge in [0, 0.05) is 23.9 Å². The highest BCUT2D eigenvalue weighted by atomic mass is 32.4. The number of rotatable bonds is 5. The highest BCUT2D eigenvalue weighted by molar-refractivity contribution is 8.29. The van der Waals surface area contributed by atoms with Gasteiger partial charge < -0.3 is 0 Å². The molecule has 0 heterocycles. The second-order valence-electron chi connectivity index (χ2n) is 4.65. The molecule has 0 aromatic carbocycles. The molecular formula is C10H21NSSi. The third-order valence-corrected chi connectivity index (χ3v) is 6.33. The normalized spacial score (nSPS) is 25.2. The molecule has 1 rings (SSSR count). The summed E-state index contributed by atoms with van der Waals surface area (Å²) in [6.07, 6.45) is 3.80. The van der Waals surface area contributed by atoms with Crippen molar-refractivity contribution >= 4 is 24.1 Å². The Labute approximate surface area is 87.1 Å². The van der Waals surface area contributed by atoms with Gasteiger partial charge in [0.2, 0.25) is 0 Å². The van der Waals surface area contributed by atoms with Gasteiger partial charge in [-0.15, -0.1) is 0 Å². The molecule has 0 radical (unpaired) electrons. The standard InChI is InChI=1S/C10H21NSSi/c1-5-6-7-11-9-8-10(9)12-13(2,3)4/h10H,5-8H2,1-4H3/b11-9+. The summed E-state index contributed by atoms with van der Waals surface area (Å²) < 4.78 is 0. The van der Waals surface area contributed by atoms with Gasteiger partial charge in [-0.2, -0.15) is 11.2 Å². The van der Waals surface area contributed by atoms with E-state index in [0.29, 0.717) is 0 Å². The van der Waals surface area contributed by atoms with E-state index in [2.05, 4.69) is 42.8 Å². The van der Waals surface area contributed by atoms with Gasteiger partial charge in [-0.3, -0.25) is 4.99 Å². The molecule has 1 nitrogen and oxygen atoms in total. The van der Waals surface area contributed by atoms with E-state index in [-0.39, 0.29) is 0 Å². The molecule has 13 heavy (non-hydrogen) atoms. The van der Waals surface area contributed by atoms with E-state index in [4.69, 9.17) is 0 Å². The summed E-state index contributed by atoms with van der Waals surface area (Å²) in [5.41, 5.74) is 1.49. The lowest BCUT2D eigenvalue weighted by Gasteiger charge is -2.13. The minimum absolute atomic E-state index is 0.809. The van der Waals surface area contributed by atoms with Gasteiger partial charge in [-0.1, -0.05) is 33.0 Å². The van der Waals surface area contributed by atoms with Crippen molar-refractivity contribution in [1.82, 2.24) is 0 Å². The molecule has 1 fully saturated rings. The quantitative estimate of drug-likeness (QED) is 0.504. The first-order chi connectivity index (χ1) is 6.03. The van der Waals surface area contributed by atoms with Crippen LogP contribution in [0.2, 0.25) is 19.6 Å². The van der Waals surface area contributed by atoms with Gasteiger partial charge in [0.15, 0.2) is 0 Å². The van der Waals surface area contributed by atoms with Crippen molar-refractivity contribution in [3.8, 4) is 0 Å². The second kappa shape index (κ2) is 4.65. The third-order valence-electron chi connectivity index (χ3n) is 1.93. The minimum atomic E-state index is -0.911. The SMILES string of the molecule is CCCC/N=C1\CC1S[Si](C)(C)C. The first kappa shape index (κ1) is 11.3. The Morgan fingerprint density at radius 3 is 2.69 bits per heavy atom. The van der Waals surface area contributed by atoms with E-state index in [1.807, 2.05) is 0 Å². The van der Waals surface area contributed by atoms with Gasteiger partial charge in [0.05, 0.1) is 0 Å². The zero-order chi connectivity index (χ0) is 9.90. The van der Waals surface area contributed by atoms with Gasteiger partial charge in [-0.25, -0.2) is 0 Å². The number of hydrogen-bond acceptors (Lipinski definition) is 2. The maximum atomic E-state index is 4.61. The predicted octanol–water partition coefficient (Wildman–Crippen LogP) is 3.57. The maximum absolute atomic E-state index is 4.61. The summed E-state index contributed by atoms with van der Waals surface area (Å²) in [6, 6.07) is 0. The number of aliphatic imine (C=N–C) groups is 1. The molecule has 1 aliphatic rings. The van der Waals surface area contributed by atoms with E-state index in [0.717, 1.165) is 11.8 Å². The lowest BCUT2D eigenvalue weighted by atomic mass is 10.3. The molecule has 76 valence electrons. The molecule has 1 aliphatic carbocycles. The van der Waals surface area contributed by atoms with Crippen molar-refractivity contribution in [3.05, 3.63) is 0 Å². The largest absolute Gasteiger partial charge is 0.293 e. The molecule has 0 saturated heterocycles. The van der Waals surface area contributed by atoms with Crippen LogP contribution in [0.15, 0.2) is 4.99 Å². The number of hydrogen-bond donors (Lipinski definition) is 0. The average Bonchev–Trinajstić information content (AvgIpc) is 2.65. The van der Waals surface area contributed by atoms with Crippen LogP contribution in [-0.2, 0) is 0 Å². The van der Waals surface area contributed by atoms with Crippen molar-refractivity contribution < 1.29 is 0 Å². The van der Waals surface area contributed by atoms with Crippen LogP contribution in [0.25, 0.3) is 0 Å². The van der Waals surface area contributed by atoms with Crippen LogP contribution in [0.1, 0.15) is 26.2 Å². The Hall–Kier alpha value is 0.237. The first-order valence-electron chi connectivity index (χ1n) is 5.24. The summed E-state index contributed by atoms with van der Waals surface area (Å²) in [7, 11) is -0.911. The molecule has 0 aromatic heterocycles. The second-order valence-corrected chi connectivity index (χ2v) is 14.1. The Kier molecular flexibility index (Phi) is 4.04. The van der Waals surface area contributed by atoms with E-state index < -0.39 is 7.22 Å². The van der Waals surface area contributed by atoms with Crippen LogP contribution >= 0.6 is 11.2 Å². The van der Waals surface area contributed by atoms with Gasteiger partial charge in [-0.05, 0) is 6.42 Å². The van der Waals surface area contributed by atoms with E-state index in [1.54, 1.807) is 0 Å². The fourth-order valence-electron chi connectivity index (χ4n) is 1.21. The topological polar surface area (TPSA) is 12.4 Å². The van der Waals surface area contributed by atoms with Crippen LogP contribution in [0.5, 0.6) is 0 Å². The molecular weight excluding hydrogens is 194 g/mol. The summed E-state index contributed by atoms with van der Waals surface area (Å²) in [5, 5.41) is 0.809. The fourth-order valence-corrected chi connectivity index (χ4v) is 5.75. The molecule has 0 aromatic rings. The van der Waals surface area contributed by atoms with Crippen molar-refractivity contribution in [2.45, 2.75) is 51.1 Å². The fraction of sp³-hybridized carbons (Fsp3) is 0.900. The van der Waals surface area contributed by atoms with Crippen molar-refractivity contribution in [2.24, 2.45) is 4.99 Å². The summed E-state index contributed by atoms with van der Waals surface area (Å²) >= 11 is 2.20. The zero-order valence-corrected chi connectivity index (χ0v) is 11.1. The van der Waals surface area contributed by atoms with Crippen molar-refractivity contribution in [3.63, 3.8) is 0 Å². The smallest absolute Gasteiger partial charge is 0.109 e. The summed E-state index contributed by atoms with van der Waals surface area (Å²) in [5.74, 6) is 0. The lowest BCUT2D eigenvalue weighted by molar-refractivity contribution is 0.809. The van der Waals surface area contributed by atoms with Crippen molar-refractivity contribution in [1.29, 1.82) is 0 Å². The maximum Gasteiger partial charge on any atom is 0.109 e. The monoisotopic (exact) mass is 215 g/mol. The molecule has 1 saturated carbocycles. The first-order valence-corrected chi connectivity index (χ1v) is 10.3. The van der Waals surface area contributed by atoms with Gasteiger partial charge >= 0.3 is 0 Å².